The second kappa shape index (κ2) is 6.00. The Morgan fingerprint density at radius 3 is 2.92 bits per heavy atom. The number of rotatable bonds is 5. The van der Waals surface area contributed by atoms with Crippen LogP contribution in [0.4, 0.5) is 0 Å². The third-order valence-corrected chi connectivity index (χ3v) is 4.46. The molecule has 1 aliphatic carbocycles. The smallest absolute Gasteiger partial charge is 0.226 e. The van der Waals surface area contributed by atoms with Crippen molar-refractivity contribution in [2.75, 3.05) is 7.11 Å². The molecule has 0 bridgehead atoms. The fourth-order valence-electron chi connectivity index (χ4n) is 3.15. The first-order valence-corrected chi connectivity index (χ1v) is 8.02. The Kier molecular flexibility index (Phi) is 3.69. The molecule has 1 amide bonds. The number of benzene rings is 2. The monoisotopic (exact) mass is 322 g/mol. The zero-order chi connectivity index (χ0) is 16.5. The van der Waals surface area contributed by atoms with Crippen LogP contribution >= 0.6 is 0 Å². The summed E-state index contributed by atoms with van der Waals surface area (Å²) in [6, 6.07) is 15.7. The zero-order valence-electron chi connectivity index (χ0n) is 13.4. The minimum absolute atomic E-state index is 0.0311. The second-order valence-corrected chi connectivity index (χ2v) is 6.06. The van der Waals surface area contributed by atoms with Gasteiger partial charge >= 0.3 is 0 Å². The first kappa shape index (κ1) is 14.8. The van der Waals surface area contributed by atoms with E-state index < -0.39 is 0 Å². The lowest BCUT2D eigenvalue weighted by atomic mass is 10.1. The van der Waals surface area contributed by atoms with Gasteiger partial charge in [-0.3, -0.25) is 4.79 Å². The van der Waals surface area contributed by atoms with Crippen molar-refractivity contribution in [3.8, 4) is 5.75 Å². The number of carbonyl (C=O) groups excluding carboxylic acids is 1. The topological polar surface area (TPSA) is 64.4 Å². The average molecular weight is 322 g/mol. The van der Waals surface area contributed by atoms with E-state index in [1.165, 1.54) is 0 Å². The maximum absolute atomic E-state index is 12.3. The number of nitrogens with zero attached hydrogens (tertiary/aromatic N) is 1. The minimum atomic E-state index is -0.0311. The molecule has 0 radical (unpaired) electrons. The van der Waals surface area contributed by atoms with E-state index in [0.29, 0.717) is 17.2 Å². The number of hydrogen-bond donors (Lipinski definition) is 1. The maximum Gasteiger partial charge on any atom is 0.226 e. The molecule has 1 saturated carbocycles. The van der Waals surface area contributed by atoms with Crippen LogP contribution in [0.15, 0.2) is 53.1 Å². The average Bonchev–Trinajstić information content (AvgIpc) is 3.26. The van der Waals surface area contributed by atoms with E-state index in [-0.39, 0.29) is 18.4 Å². The number of ether oxygens (including phenoxy) is 1. The van der Waals surface area contributed by atoms with Crippen molar-refractivity contribution >= 4 is 16.9 Å². The van der Waals surface area contributed by atoms with E-state index in [9.17, 15) is 4.79 Å². The molecular formula is C19H18N2O3. The van der Waals surface area contributed by atoms with Crippen LogP contribution < -0.4 is 10.1 Å². The van der Waals surface area contributed by atoms with E-state index in [1.807, 2.05) is 42.5 Å². The van der Waals surface area contributed by atoms with Gasteiger partial charge in [0.2, 0.25) is 5.91 Å². The Hall–Kier alpha value is -2.82. The molecule has 0 saturated heterocycles. The molecule has 5 nitrogen and oxygen atoms in total. The Balaban J connectivity index is 1.41. The van der Waals surface area contributed by atoms with Crippen LogP contribution in [0.25, 0.3) is 11.0 Å². The normalized spacial score (nSPS) is 19.2. The minimum Gasteiger partial charge on any atom is -0.496 e. The number of amides is 1. The molecule has 2 unspecified atom stereocenters. The molecule has 3 aromatic rings. The molecular weight excluding hydrogens is 304 g/mol. The molecule has 2 aromatic carbocycles. The number of carbonyl (C=O) groups is 1. The molecule has 5 heteroatoms. The van der Waals surface area contributed by atoms with Crippen LogP contribution in [-0.4, -0.2) is 24.2 Å². The van der Waals surface area contributed by atoms with Crippen molar-refractivity contribution in [2.24, 2.45) is 0 Å². The van der Waals surface area contributed by atoms with Crippen LogP contribution in [0.5, 0.6) is 5.75 Å². The summed E-state index contributed by atoms with van der Waals surface area (Å²) in [6.45, 7) is 0. The third kappa shape index (κ3) is 2.73. The summed E-state index contributed by atoms with van der Waals surface area (Å²) >= 11 is 0. The SMILES string of the molecule is COc1ccccc1C1CC1NC(=O)Cc1noc2ccccc12. The lowest BCUT2D eigenvalue weighted by molar-refractivity contribution is -0.120. The van der Waals surface area contributed by atoms with E-state index in [2.05, 4.69) is 16.5 Å². The van der Waals surface area contributed by atoms with Crippen molar-refractivity contribution in [3.63, 3.8) is 0 Å². The fraction of sp³-hybridized carbons (Fsp3) is 0.263. The zero-order valence-corrected chi connectivity index (χ0v) is 13.4. The summed E-state index contributed by atoms with van der Waals surface area (Å²) in [5, 5.41) is 7.99. The number of methoxy groups -OCH3 is 1. The lowest BCUT2D eigenvalue weighted by Crippen LogP contribution is -2.28. The highest BCUT2D eigenvalue weighted by molar-refractivity contribution is 5.86. The van der Waals surface area contributed by atoms with E-state index >= 15 is 0 Å². The molecule has 122 valence electrons. The Morgan fingerprint density at radius 2 is 2.04 bits per heavy atom. The number of aromatic nitrogens is 1. The quantitative estimate of drug-likeness (QED) is 0.784. The Bertz CT molecular complexity index is 887. The number of hydrogen-bond acceptors (Lipinski definition) is 4. The van der Waals surface area contributed by atoms with Crippen molar-refractivity contribution in [2.45, 2.75) is 24.8 Å². The molecule has 0 aliphatic heterocycles. The van der Waals surface area contributed by atoms with Gasteiger partial charge in [0, 0.05) is 17.3 Å². The Morgan fingerprint density at radius 1 is 1.25 bits per heavy atom. The van der Waals surface area contributed by atoms with E-state index in [1.54, 1.807) is 7.11 Å². The standard InChI is InChI=1S/C19H18N2O3/c1-23-17-8-4-2-6-12(17)14-10-15(14)20-19(22)11-16-13-7-3-5-9-18(13)24-21-16/h2-9,14-15H,10-11H2,1H3,(H,20,22). The first-order chi connectivity index (χ1) is 11.8. The highest BCUT2D eigenvalue weighted by Crippen LogP contribution is 2.44. The third-order valence-electron chi connectivity index (χ3n) is 4.46. The molecule has 2 atom stereocenters. The molecule has 1 N–H and O–H groups in total. The van der Waals surface area contributed by atoms with Crippen LogP contribution in [0.2, 0.25) is 0 Å². The van der Waals surface area contributed by atoms with Crippen LogP contribution in [-0.2, 0) is 11.2 Å². The molecule has 1 fully saturated rings. The van der Waals surface area contributed by atoms with Crippen LogP contribution in [0.1, 0.15) is 23.6 Å². The molecule has 1 heterocycles. The van der Waals surface area contributed by atoms with Crippen LogP contribution in [0, 0.1) is 0 Å². The van der Waals surface area contributed by atoms with Gasteiger partial charge in [-0.05, 0) is 30.2 Å². The summed E-state index contributed by atoms with van der Waals surface area (Å²) in [7, 11) is 1.67. The van der Waals surface area contributed by atoms with Gasteiger partial charge in [0.05, 0.1) is 13.5 Å². The predicted molar refractivity (Wildman–Crippen MR) is 90.0 cm³/mol. The predicted octanol–water partition coefficient (Wildman–Crippen LogP) is 3.05. The van der Waals surface area contributed by atoms with Crippen molar-refractivity contribution < 1.29 is 14.1 Å². The summed E-state index contributed by atoms with van der Waals surface area (Å²) in [5.74, 6) is 1.16. The highest BCUT2D eigenvalue weighted by Gasteiger charge is 2.41. The fourth-order valence-corrected chi connectivity index (χ4v) is 3.15. The largest absolute Gasteiger partial charge is 0.496 e. The highest BCUT2D eigenvalue weighted by atomic mass is 16.5. The van der Waals surface area contributed by atoms with Crippen molar-refractivity contribution in [3.05, 3.63) is 59.8 Å². The number of para-hydroxylation sites is 2. The van der Waals surface area contributed by atoms with Gasteiger partial charge in [-0.25, -0.2) is 0 Å². The van der Waals surface area contributed by atoms with Gasteiger partial charge in [-0.15, -0.1) is 0 Å². The van der Waals surface area contributed by atoms with Crippen molar-refractivity contribution in [1.29, 1.82) is 0 Å². The van der Waals surface area contributed by atoms with Crippen LogP contribution in [0.3, 0.4) is 0 Å². The van der Waals surface area contributed by atoms with E-state index in [4.69, 9.17) is 9.26 Å². The summed E-state index contributed by atoms with van der Waals surface area (Å²) < 4.78 is 10.6. The summed E-state index contributed by atoms with van der Waals surface area (Å²) in [5.41, 5.74) is 2.54. The molecule has 24 heavy (non-hydrogen) atoms. The number of nitrogens with one attached hydrogen (secondary N) is 1. The van der Waals surface area contributed by atoms with Gasteiger partial charge in [0.25, 0.3) is 0 Å². The summed E-state index contributed by atoms with van der Waals surface area (Å²) in [4.78, 5) is 12.3. The molecule has 1 aromatic heterocycles. The lowest BCUT2D eigenvalue weighted by Gasteiger charge is -2.08. The van der Waals surface area contributed by atoms with Gasteiger partial charge in [0.15, 0.2) is 5.58 Å². The van der Waals surface area contributed by atoms with E-state index in [0.717, 1.165) is 23.1 Å². The second-order valence-electron chi connectivity index (χ2n) is 6.06. The molecule has 1 aliphatic rings. The Labute approximate surface area is 139 Å². The summed E-state index contributed by atoms with van der Waals surface area (Å²) in [6.07, 6.45) is 1.16. The van der Waals surface area contributed by atoms with Gasteiger partial charge in [-0.2, -0.15) is 0 Å². The maximum atomic E-state index is 12.3. The van der Waals surface area contributed by atoms with Gasteiger partial charge in [0.1, 0.15) is 11.4 Å². The molecule has 4 rings (SSSR count). The van der Waals surface area contributed by atoms with Gasteiger partial charge in [-0.1, -0.05) is 35.5 Å². The first-order valence-electron chi connectivity index (χ1n) is 8.02. The molecule has 0 spiro atoms. The van der Waals surface area contributed by atoms with Gasteiger partial charge < -0.3 is 14.6 Å². The van der Waals surface area contributed by atoms with Crippen molar-refractivity contribution in [1.82, 2.24) is 10.5 Å². The number of fused-ring (bicyclic) bond motifs is 1.